The number of aryl methyl sites for hydroxylation is 1. The topological polar surface area (TPSA) is 58.1 Å². The summed E-state index contributed by atoms with van der Waals surface area (Å²) < 4.78 is 0. The highest BCUT2D eigenvalue weighted by atomic mass is 16.2. The van der Waals surface area contributed by atoms with Crippen LogP contribution in [0.1, 0.15) is 22.5 Å². The highest BCUT2D eigenvalue weighted by Crippen LogP contribution is 2.27. The maximum absolute atomic E-state index is 12.8. The van der Waals surface area contributed by atoms with Crippen molar-refractivity contribution in [2.45, 2.75) is 12.8 Å². The Labute approximate surface area is 129 Å². The van der Waals surface area contributed by atoms with Gasteiger partial charge in [-0.25, -0.2) is 9.97 Å². The van der Waals surface area contributed by atoms with Crippen molar-refractivity contribution in [3.8, 4) is 0 Å². The van der Waals surface area contributed by atoms with Gasteiger partial charge in [0.2, 0.25) is 0 Å². The van der Waals surface area contributed by atoms with E-state index in [1.165, 1.54) is 11.9 Å². The number of carbonyl (C=O) groups is 1. The molecule has 0 atom stereocenters. The Kier molecular flexibility index (Phi) is 4.14. The molecule has 1 amide bonds. The molecule has 0 aliphatic carbocycles. The molecule has 112 valence electrons. The summed E-state index contributed by atoms with van der Waals surface area (Å²) in [6.45, 7) is 4.96. The fourth-order valence-corrected chi connectivity index (χ4v) is 2.63. The highest BCUT2D eigenvalue weighted by molar-refractivity contribution is 6.05. The van der Waals surface area contributed by atoms with Gasteiger partial charge in [-0.2, -0.15) is 0 Å². The van der Waals surface area contributed by atoms with Gasteiger partial charge in [0.05, 0.1) is 0 Å². The van der Waals surface area contributed by atoms with Crippen molar-refractivity contribution in [1.29, 1.82) is 0 Å². The van der Waals surface area contributed by atoms with E-state index in [9.17, 15) is 4.79 Å². The lowest BCUT2D eigenvalue weighted by atomic mass is 10.0. The second-order valence-corrected chi connectivity index (χ2v) is 5.15. The van der Waals surface area contributed by atoms with Crippen LogP contribution < -0.4 is 10.2 Å². The number of nitrogens with zero attached hydrogens (tertiary/aromatic N) is 3. The molecular formula is C17H18N4O. The van der Waals surface area contributed by atoms with Crippen LogP contribution in [0.4, 0.5) is 11.5 Å². The number of carbonyl (C=O) groups excluding carboxylic acids is 1. The molecule has 2 heterocycles. The van der Waals surface area contributed by atoms with Crippen molar-refractivity contribution >= 4 is 17.4 Å². The molecule has 0 spiro atoms. The average molecular weight is 294 g/mol. The van der Waals surface area contributed by atoms with Crippen LogP contribution in [0.5, 0.6) is 0 Å². The monoisotopic (exact) mass is 294 g/mol. The van der Waals surface area contributed by atoms with Gasteiger partial charge >= 0.3 is 0 Å². The van der Waals surface area contributed by atoms with Gasteiger partial charge in [-0.15, -0.1) is 6.58 Å². The first-order valence-electron chi connectivity index (χ1n) is 7.36. The van der Waals surface area contributed by atoms with Gasteiger partial charge in [0, 0.05) is 24.8 Å². The minimum atomic E-state index is -0.0868. The molecule has 1 aromatic heterocycles. The first-order chi connectivity index (χ1) is 10.8. The highest BCUT2D eigenvalue weighted by Gasteiger charge is 2.24. The summed E-state index contributed by atoms with van der Waals surface area (Å²) in [6, 6.07) is 9.72. The first kappa shape index (κ1) is 14.3. The molecule has 2 aromatic rings. The summed E-state index contributed by atoms with van der Waals surface area (Å²) in [5.74, 6) is 0.541. The molecule has 3 rings (SSSR count). The average Bonchev–Trinajstić information content (AvgIpc) is 2.59. The van der Waals surface area contributed by atoms with Crippen LogP contribution in [-0.4, -0.2) is 29.0 Å². The van der Waals surface area contributed by atoms with Gasteiger partial charge in [-0.05, 0) is 24.5 Å². The van der Waals surface area contributed by atoms with Crippen molar-refractivity contribution in [1.82, 2.24) is 9.97 Å². The van der Waals surface area contributed by atoms with E-state index >= 15 is 0 Å². The SMILES string of the molecule is C=CCNc1cc(C(=O)N2CCCc3ccccc32)ncn1. The lowest BCUT2D eigenvalue weighted by Crippen LogP contribution is -2.36. The Morgan fingerprint density at radius 2 is 2.23 bits per heavy atom. The molecule has 0 fully saturated rings. The van der Waals surface area contributed by atoms with E-state index < -0.39 is 0 Å². The standard InChI is InChI=1S/C17H18N4O/c1-2-9-18-16-11-14(19-12-20-16)17(22)21-10-5-7-13-6-3-4-8-15(13)21/h2-4,6,8,11-12H,1,5,7,9-10H2,(H,18,19,20). The summed E-state index contributed by atoms with van der Waals surface area (Å²) in [5, 5.41) is 3.07. The molecule has 0 bridgehead atoms. The Bertz CT molecular complexity index is 699. The van der Waals surface area contributed by atoms with E-state index in [1.54, 1.807) is 17.0 Å². The first-order valence-corrected chi connectivity index (χ1v) is 7.36. The van der Waals surface area contributed by atoms with E-state index in [-0.39, 0.29) is 5.91 Å². The molecular weight excluding hydrogens is 276 g/mol. The lowest BCUT2D eigenvalue weighted by Gasteiger charge is -2.29. The van der Waals surface area contributed by atoms with Gasteiger partial charge in [-0.1, -0.05) is 24.3 Å². The number of anilines is 2. The van der Waals surface area contributed by atoms with E-state index in [2.05, 4.69) is 27.9 Å². The number of rotatable bonds is 4. The predicted octanol–water partition coefficient (Wildman–Crippen LogP) is 2.67. The van der Waals surface area contributed by atoms with Crippen molar-refractivity contribution < 1.29 is 4.79 Å². The van der Waals surface area contributed by atoms with Gasteiger partial charge in [0.15, 0.2) is 0 Å². The third kappa shape index (κ3) is 2.83. The predicted molar refractivity (Wildman–Crippen MR) is 87.2 cm³/mol. The van der Waals surface area contributed by atoms with E-state index in [0.29, 0.717) is 18.1 Å². The maximum Gasteiger partial charge on any atom is 0.277 e. The molecule has 0 radical (unpaired) electrons. The molecule has 1 aromatic carbocycles. The largest absolute Gasteiger partial charge is 0.366 e. The zero-order valence-corrected chi connectivity index (χ0v) is 12.3. The van der Waals surface area contributed by atoms with E-state index in [4.69, 9.17) is 0 Å². The lowest BCUT2D eigenvalue weighted by molar-refractivity contribution is 0.0980. The van der Waals surface area contributed by atoms with Crippen LogP contribution in [0.3, 0.4) is 0 Å². The zero-order valence-electron chi connectivity index (χ0n) is 12.3. The van der Waals surface area contributed by atoms with Crippen LogP contribution >= 0.6 is 0 Å². The number of aromatic nitrogens is 2. The summed E-state index contributed by atoms with van der Waals surface area (Å²) >= 11 is 0. The Hall–Kier alpha value is -2.69. The molecule has 22 heavy (non-hydrogen) atoms. The molecule has 5 heteroatoms. The number of para-hydroxylation sites is 1. The Balaban J connectivity index is 1.87. The van der Waals surface area contributed by atoms with E-state index in [1.807, 2.05) is 18.2 Å². The van der Waals surface area contributed by atoms with Crippen molar-refractivity contribution in [3.05, 3.63) is 60.6 Å². The number of benzene rings is 1. The number of nitrogens with one attached hydrogen (secondary N) is 1. The Morgan fingerprint density at radius 1 is 1.36 bits per heavy atom. The summed E-state index contributed by atoms with van der Waals surface area (Å²) in [4.78, 5) is 22.8. The summed E-state index contributed by atoms with van der Waals surface area (Å²) in [6.07, 6.45) is 5.13. The summed E-state index contributed by atoms with van der Waals surface area (Å²) in [5.41, 5.74) is 2.59. The zero-order chi connectivity index (χ0) is 15.4. The smallest absolute Gasteiger partial charge is 0.277 e. The molecule has 5 nitrogen and oxygen atoms in total. The molecule has 0 unspecified atom stereocenters. The van der Waals surface area contributed by atoms with E-state index in [0.717, 1.165) is 25.1 Å². The normalized spacial score (nSPS) is 13.4. The van der Waals surface area contributed by atoms with Gasteiger partial charge < -0.3 is 10.2 Å². The molecule has 1 aliphatic heterocycles. The summed E-state index contributed by atoms with van der Waals surface area (Å²) in [7, 11) is 0. The van der Waals surface area contributed by atoms with Crippen LogP contribution in [0.25, 0.3) is 0 Å². The van der Waals surface area contributed by atoms with Crippen LogP contribution in [0, 0.1) is 0 Å². The van der Waals surface area contributed by atoms with Crippen LogP contribution in [0.15, 0.2) is 49.3 Å². The number of hydrogen-bond donors (Lipinski definition) is 1. The number of fused-ring (bicyclic) bond motifs is 1. The van der Waals surface area contributed by atoms with Gasteiger partial charge in [-0.3, -0.25) is 4.79 Å². The van der Waals surface area contributed by atoms with Crippen molar-refractivity contribution in [2.75, 3.05) is 23.3 Å². The molecule has 0 saturated carbocycles. The van der Waals surface area contributed by atoms with Crippen molar-refractivity contribution in [2.24, 2.45) is 0 Å². The molecule has 1 N–H and O–H groups in total. The van der Waals surface area contributed by atoms with Crippen molar-refractivity contribution in [3.63, 3.8) is 0 Å². The minimum Gasteiger partial charge on any atom is -0.366 e. The van der Waals surface area contributed by atoms with Gasteiger partial charge in [0.1, 0.15) is 17.8 Å². The molecule has 1 aliphatic rings. The van der Waals surface area contributed by atoms with Crippen LogP contribution in [0.2, 0.25) is 0 Å². The van der Waals surface area contributed by atoms with Gasteiger partial charge in [0.25, 0.3) is 5.91 Å². The minimum absolute atomic E-state index is 0.0868. The quantitative estimate of drug-likeness (QED) is 0.881. The second kappa shape index (κ2) is 6.39. The second-order valence-electron chi connectivity index (χ2n) is 5.15. The number of hydrogen-bond acceptors (Lipinski definition) is 4. The Morgan fingerprint density at radius 3 is 3.09 bits per heavy atom. The fourth-order valence-electron chi connectivity index (χ4n) is 2.63. The van der Waals surface area contributed by atoms with Crippen LogP contribution in [-0.2, 0) is 6.42 Å². The molecule has 0 saturated heterocycles. The fraction of sp³-hybridized carbons (Fsp3) is 0.235. The third-order valence-corrected chi connectivity index (χ3v) is 3.67. The third-order valence-electron chi connectivity index (χ3n) is 3.67. The maximum atomic E-state index is 12.8. The number of amides is 1.